The summed E-state index contributed by atoms with van der Waals surface area (Å²) in [4.78, 5) is 10.5. The van der Waals surface area contributed by atoms with Gasteiger partial charge >= 0.3 is 5.97 Å². The highest BCUT2D eigenvalue weighted by Gasteiger charge is 2.14. The molecule has 1 N–H and O–H groups in total. The molecular formula is C11H15N5O3. The molecule has 2 heterocycles. The molecule has 0 fully saturated rings. The first-order valence-corrected chi connectivity index (χ1v) is 5.96. The van der Waals surface area contributed by atoms with Gasteiger partial charge in [0.1, 0.15) is 5.76 Å². The Bertz CT molecular complexity index is 555. The van der Waals surface area contributed by atoms with Crippen LogP contribution in [-0.4, -0.2) is 36.4 Å². The van der Waals surface area contributed by atoms with Gasteiger partial charge in [0.2, 0.25) is 0 Å². The van der Waals surface area contributed by atoms with Crippen LogP contribution in [0.4, 0.5) is 0 Å². The van der Waals surface area contributed by atoms with E-state index < -0.39 is 5.97 Å². The predicted octanol–water partition coefficient (Wildman–Crippen LogP) is 0.734. The van der Waals surface area contributed by atoms with Gasteiger partial charge in [-0.15, -0.1) is 5.10 Å². The maximum Gasteiger partial charge on any atom is 0.303 e. The molecule has 0 saturated carbocycles. The monoisotopic (exact) mass is 265 g/mol. The Kier molecular flexibility index (Phi) is 3.88. The first-order valence-electron chi connectivity index (χ1n) is 5.96. The predicted molar refractivity (Wildman–Crippen MR) is 63.5 cm³/mol. The molecule has 8 heteroatoms. The molecule has 0 unspecified atom stereocenters. The van der Waals surface area contributed by atoms with Gasteiger partial charge in [0.05, 0.1) is 5.69 Å². The fourth-order valence-electron chi connectivity index (χ4n) is 1.82. The number of aliphatic carboxylic acids is 1. The van der Waals surface area contributed by atoms with Crippen LogP contribution in [0.1, 0.15) is 35.7 Å². The minimum Gasteiger partial charge on any atom is -0.481 e. The zero-order valence-electron chi connectivity index (χ0n) is 10.8. The smallest absolute Gasteiger partial charge is 0.303 e. The molecule has 0 radical (unpaired) electrons. The zero-order valence-corrected chi connectivity index (χ0v) is 10.8. The highest BCUT2D eigenvalue weighted by atomic mass is 16.5. The van der Waals surface area contributed by atoms with E-state index in [0.717, 1.165) is 17.0 Å². The molecule has 0 saturated heterocycles. The van der Waals surface area contributed by atoms with Crippen LogP contribution in [0.2, 0.25) is 0 Å². The van der Waals surface area contributed by atoms with Gasteiger partial charge in [-0.2, -0.15) is 0 Å². The van der Waals surface area contributed by atoms with Crippen molar-refractivity contribution in [2.75, 3.05) is 0 Å². The van der Waals surface area contributed by atoms with Crippen LogP contribution in [-0.2, 0) is 17.8 Å². The number of rotatable bonds is 6. The molecule has 0 aromatic carbocycles. The van der Waals surface area contributed by atoms with Gasteiger partial charge in [-0.05, 0) is 30.7 Å². The van der Waals surface area contributed by atoms with Crippen molar-refractivity contribution in [3.05, 3.63) is 22.8 Å². The number of carbonyl (C=O) groups is 1. The highest BCUT2D eigenvalue weighted by Crippen LogP contribution is 2.15. The van der Waals surface area contributed by atoms with E-state index in [1.807, 2.05) is 13.8 Å². The average molecular weight is 265 g/mol. The maximum atomic E-state index is 10.5. The Morgan fingerprint density at radius 1 is 1.42 bits per heavy atom. The second-order valence-electron chi connectivity index (χ2n) is 4.30. The van der Waals surface area contributed by atoms with Gasteiger partial charge in [0.25, 0.3) is 0 Å². The summed E-state index contributed by atoms with van der Waals surface area (Å²) < 4.78 is 6.71. The minimum absolute atomic E-state index is 0.102. The fourth-order valence-corrected chi connectivity index (χ4v) is 1.82. The van der Waals surface area contributed by atoms with E-state index in [9.17, 15) is 4.79 Å². The SMILES string of the molecule is Cc1noc(C)c1Cc1nnnn1CCCC(=O)O. The molecule has 0 aliphatic rings. The molecule has 2 aromatic heterocycles. The van der Waals surface area contributed by atoms with Crippen LogP contribution < -0.4 is 0 Å². The van der Waals surface area contributed by atoms with Crippen molar-refractivity contribution < 1.29 is 14.4 Å². The van der Waals surface area contributed by atoms with Crippen LogP contribution >= 0.6 is 0 Å². The summed E-state index contributed by atoms with van der Waals surface area (Å²) in [6.07, 6.45) is 1.13. The molecule has 0 bridgehead atoms. The lowest BCUT2D eigenvalue weighted by atomic mass is 10.1. The van der Waals surface area contributed by atoms with Crippen molar-refractivity contribution in [2.45, 2.75) is 39.7 Å². The van der Waals surface area contributed by atoms with Gasteiger partial charge < -0.3 is 9.63 Å². The standard InChI is InChI=1S/C11H15N5O3/c1-7-9(8(2)19-13-7)6-10-12-14-15-16(10)5-3-4-11(17)18/h3-6H2,1-2H3,(H,17,18). The number of nitrogens with zero attached hydrogens (tertiary/aromatic N) is 5. The topological polar surface area (TPSA) is 107 Å². The zero-order chi connectivity index (χ0) is 13.8. The lowest BCUT2D eigenvalue weighted by Crippen LogP contribution is -2.09. The second kappa shape index (κ2) is 5.59. The van der Waals surface area contributed by atoms with E-state index in [0.29, 0.717) is 25.2 Å². The third kappa shape index (κ3) is 3.15. The first-order chi connectivity index (χ1) is 9.08. The lowest BCUT2D eigenvalue weighted by Gasteiger charge is -2.03. The maximum absolute atomic E-state index is 10.5. The van der Waals surface area contributed by atoms with Crippen molar-refractivity contribution in [2.24, 2.45) is 0 Å². The number of carboxylic acid groups (broad SMARTS) is 1. The molecule has 0 amide bonds. The third-order valence-electron chi connectivity index (χ3n) is 2.88. The summed E-state index contributed by atoms with van der Waals surface area (Å²) >= 11 is 0. The van der Waals surface area contributed by atoms with Gasteiger partial charge in [0.15, 0.2) is 5.82 Å². The van der Waals surface area contributed by atoms with E-state index in [1.165, 1.54) is 0 Å². The minimum atomic E-state index is -0.819. The molecule has 102 valence electrons. The number of aromatic nitrogens is 5. The average Bonchev–Trinajstić information content (AvgIpc) is 2.91. The van der Waals surface area contributed by atoms with E-state index in [4.69, 9.17) is 9.63 Å². The summed E-state index contributed by atoms with van der Waals surface area (Å²) in [5.74, 6) is 0.609. The summed E-state index contributed by atoms with van der Waals surface area (Å²) in [6, 6.07) is 0. The summed E-state index contributed by atoms with van der Waals surface area (Å²) in [5.41, 5.74) is 1.78. The summed E-state index contributed by atoms with van der Waals surface area (Å²) in [7, 11) is 0. The Hall–Kier alpha value is -2.25. The summed E-state index contributed by atoms with van der Waals surface area (Å²) in [5, 5.41) is 23.9. The lowest BCUT2D eigenvalue weighted by molar-refractivity contribution is -0.137. The van der Waals surface area contributed by atoms with Crippen molar-refractivity contribution in [3.8, 4) is 0 Å². The molecule has 0 spiro atoms. The second-order valence-corrected chi connectivity index (χ2v) is 4.30. The van der Waals surface area contributed by atoms with Crippen LogP contribution in [0.15, 0.2) is 4.52 Å². The third-order valence-corrected chi connectivity index (χ3v) is 2.88. The molecule has 0 atom stereocenters. The van der Waals surface area contributed by atoms with Gasteiger partial charge in [-0.25, -0.2) is 4.68 Å². The Labute approximate surface area is 109 Å². The van der Waals surface area contributed by atoms with Crippen LogP contribution in [0.5, 0.6) is 0 Å². The van der Waals surface area contributed by atoms with E-state index in [-0.39, 0.29) is 6.42 Å². The largest absolute Gasteiger partial charge is 0.481 e. The highest BCUT2D eigenvalue weighted by molar-refractivity contribution is 5.66. The molecule has 2 aromatic rings. The Morgan fingerprint density at radius 3 is 2.84 bits per heavy atom. The van der Waals surface area contributed by atoms with E-state index >= 15 is 0 Å². The van der Waals surface area contributed by atoms with Crippen LogP contribution in [0.25, 0.3) is 0 Å². The van der Waals surface area contributed by atoms with E-state index in [1.54, 1.807) is 4.68 Å². The number of hydrogen-bond donors (Lipinski definition) is 1. The first kappa shape index (κ1) is 13.2. The van der Waals surface area contributed by atoms with Crippen LogP contribution in [0, 0.1) is 13.8 Å². The van der Waals surface area contributed by atoms with Crippen LogP contribution in [0.3, 0.4) is 0 Å². The molecule has 2 rings (SSSR count). The Morgan fingerprint density at radius 2 is 2.21 bits per heavy atom. The van der Waals surface area contributed by atoms with Crippen molar-refractivity contribution in [1.29, 1.82) is 0 Å². The van der Waals surface area contributed by atoms with Gasteiger partial charge in [-0.1, -0.05) is 5.16 Å². The number of tetrazole rings is 1. The van der Waals surface area contributed by atoms with Crippen molar-refractivity contribution in [1.82, 2.24) is 25.4 Å². The van der Waals surface area contributed by atoms with Crippen molar-refractivity contribution in [3.63, 3.8) is 0 Å². The quantitative estimate of drug-likeness (QED) is 0.820. The van der Waals surface area contributed by atoms with Gasteiger partial charge in [-0.3, -0.25) is 4.79 Å². The number of aryl methyl sites for hydroxylation is 3. The molecular weight excluding hydrogens is 250 g/mol. The molecule has 0 aliphatic heterocycles. The summed E-state index contributed by atoms with van der Waals surface area (Å²) in [6.45, 7) is 4.19. The number of carboxylic acids is 1. The Balaban J connectivity index is 2.05. The molecule has 0 aliphatic carbocycles. The number of hydrogen-bond acceptors (Lipinski definition) is 6. The normalized spacial score (nSPS) is 10.8. The molecule has 19 heavy (non-hydrogen) atoms. The van der Waals surface area contributed by atoms with Crippen molar-refractivity contribution >= 4 is 5.97 Å². The van der Waals surface area contributed by atoms with Gasteiger partial charge in [0, 0.05) is 24.9 Å². The fraction of sp³-hybridized carbons (Fsp3) is 0.545. The van der Waals surface area contributed by atoms with E-state index in [2.05, 4.69) is 20.7 Å². The molecule has 8 nitrogen and oxygen atoms in total.